The SMILES string of the molecule is C[C@H](Oc1ccc(-c2ccccc2)cc1)C(=O)OCc1ccccc1. The molecule has 3 rings (SSSR count). The fourth-order valence-corrected chi connectivity index (χ4v) is 2.45. The van der Waals surface area contributed by atoms with Crippen LogP contribution in [0.5, 0.6) is 5.75 Å². The Balaban J connectivity index is 1.55. The smallest absolute Gasteiger partial charge is 0.347 e. The number of rotatable bonds is 6. The Morgan fingerprint density at radius 2 is 1.36 bits per heavy atom. The van der Waals surface area contributed by atoms with Gasteiger partial charge < -0.3 is 9.47 Å². The molecule has 3 nitrogen and oxygen atoms in total. The highest BCUT2D eigenvalue weighted by Crippen LogP contribution is 2.22. The minimum absolute atomic E-state index is 0.250. The van der Waals surface area contributed by atoms with Crippen molar-refractivity contribution in [3.05, 3.63) is 90.5 Å². The second-order valence-electron chi connectivity index (χ2n) is 5.74. The highest BCUT2D eigenvalue weighted by atomic mass is 16.6. The van der Waals surface area contributed by atoms with Gasteiger partial charge in [0.25, 0.3) is 0 Å². The van der Waals surface area contributed by atoms with E-state index in [0.29, 0.717) is 5.75 Å². The number of hydrogen-bond acceptors (Lipinski definition) is 3. The second-order valence-corrected chi connectivity index (χ2v) is 5.74. The van der Waals surface area contributed by atoms with E-state index in [2.05, 4.69) is 12.1 Å². The molecule has 0 spiro atoms. The Morgan fingerprint density at radius 1 is 0.800 bits per heavy atom. The van der Waals surface area contributed by atoms with Gasteiger partial charge in [0.2, 0.25) is 0 Å². The zero-order chi connectivity index (χ0) is 17.5. The number of carbonyl (C=O) groups excluding carboxylic acids is 1. The minimum Gasteiger partial charge on any atom is -0.479 e. The van der Waals surface area contributed by atoms with Crippen molar-refractivity contribution in [2.24, 2.45) is 0 Å². The van der Waals surface area contributed by atoms with Crippen LogP contribution in [0.2, 0.25) is 0 Å². The molecule has 0 saturated carbocycles. The third kappa shape index (κ3) is 4.70. The van der Waals surface area contributed by atoms with Gasteiger partial charge in [-0.2, -0.15) is 0 Å². The fraction of sp³-hybridized carbons (Fsp3) is 0.136. The van der Waals surface area contributed by atoms with E-state index in [-0.39, 0.29) is 12.6 Å². The summed E-state index contributed by atoms with van der Waals surface area (Å²) >= 11 is 0. The molecule has 0 fully saturated rings. The van der Waals surface area contributed by atoms with Gasteiger partial charge in [-0.15, -0.1) is 0 Å². The van der Waals surface area contributed by atoms with Gasteiger partial charge >= 0.3 is 5.97 Å². The second kappa shape index (κ2) is 8.15. The van der Waals surface area contributed by atoms with Gasteiger partial charge in [0.1, 0.15) is 12.4 Å². The molecule has 3 aromatic rings. The molecular formula is C22H20O3. The normalized spacial score (nSPS) is 11.6. The number of hydrogen-bond donors (Lipinski definition) is 0. The van der Waals surface area contributed by atoms with E-state index < -0.39 is 6.10 Å². The first kappa shape index (κ1) is 16.8. The third-order valence-corrected chi connectivity index (χ3v) is 3.83. The van der Waals surface area contributed by atoms with Crippen LogP contribution in [-0.2, 0) is 16.1 Å². The fourth-order valence-electron chi connectivity index (χ4n) is 2.45. The number of benzene rings is 3. The van der Waals surface area contributed by atoms with Crippen molar-refractivity contribution in [3.63, 3.8) is 0 Å². The molecule has 0 saturated heterocycles. The van der Waals surface area contributed by atoms with Crippen LogP contribution >= 0.6 is 0 Å². The van der Waals surface area contributed by atoms with Crippen LogP contribution in [0.4, 0.5) is 0 Å². The molecule has 1 atom stereocenters. The number of ether oxygens (including phenoxy) is 2. The monoisotopic (exact) mass is 332 g/mol. The lowest BCUT2D eigenvalue weighted by Crippen LogP contribution is -2.26. The van der Waals surface area contributed by atoms with Crippen molar-refractivity contribution in [2.75, 3.05) is 0 Å². The number of carbonyl (C=O) groups is 1. The summed E-state index contributed by atoms with van der Waals surface area (Å²) in [7, 11) is 0. The lowest BCUT2D eigenvalue weighted by atomic mass is 10.1. The first-order chi connectivity index (χ1) is 12.2. The van der Waals surface area contributed by atoms with Crippen LogP contribution in [-0.4, -0.2) is 12.1 Å². The largest absolute Gasteiger partial charge is 0.479 e. The molecule has 0 amide bonds. The van der Waals surface area contributed by atoms with E-state index in [4.69, 9.17) is 9.47 Å². The first-order valence-corrected chi connectivity index (χ1v) is 8.25. The summed E-state index contributed by atoms with van der Waals surface area (Å²) in [6, 6.07) is 27.4. The molecule has 3 aromatic carbocycles. The Bertz CT molecular complexity index is 796. The third-order valence-electron chi connectivity index (χ3n) is 3.83. The summed E-state index contributed by atoms with van der Waals surface area (Å²) in [4.78, 5) is 12.1. The molecule has 3 heteroatoms. The Hall–Kier alpha value is -3.07. The molecule has 0 bridgehead atoms. The maximum Gasteiger partial charge on any atom is 0.347 e. The maximum atomic E-state index is 12.1. The predicted octanol–water partition coefficient (Wildman–Crippen LogP) is 4.86. The molecule has 0 aliphatic carbocycles. The van der Waals surface area contributed by atoms with Gasteiger partial charge in [0.15, 0.2) is 6.10 Å². The molecule has 0 N–H and O–H groups in total. The highest BCUT2D eigenvalue weighted by molar-refractivity contribution is 5.74. The van der Waals surface area contributed by atoms with Gasteiger partial charge in [-0.05, 0) is 35.7 Å². The van der Waals surface area contributed by atoms with Gasteiger partial charge in [-0.25, -0.2) is 4.79 Å². The van der Waals surface area contributed by atoms with Crippen LogP contribution in [0.3, 0.4) is 0 Å². The summed E-state index contributed by atoms with van der Waals surface area (Å²) in [6.45, 7) is 1.94. The van der Waals surface area contributed by atoms with Crippen LogP contribution in [0.15, 0.2) is 84.9 Å². The van der Waals surface area contributed by atoms with Crippen LogP contribution in [0, 0.1) is 0 Å². The van der Waals surface area contributed by atoms with Crippen molar-refractivity contribution < 1.29 is 14.3 Å². The molecule has 0 unspecified atom stereocenters. The summed E-state index contributed by atoms with van der Waals surface area (Å²) in [5, 5.41) is 0. The Kier molecular flexibility index (Phi) is 5.47. The lowest BCUT2D eigenvalue weighted by molar-refractivity contribution is -0.152. The standard InChI is InChI=1S/C22H20O3/c1-17(22(23)24-16-18-8-4-2-5-9-18)25-21-14-12-20(13-15-21)19-10-6-3-7-11-19/h2-15,17H,16H2,1H3/t17-/m0/s1. The van der Waals surface area contributed by atoms with Gasteiger partial charge in [0.05, 0.1) is 0 Å². The van der Waals surface area contributed by atoms with E-state index in [1.54, 1.807) is 6.92 Å². The van der Waals surface area contributed by atoms with E-state index in [1.165, 1.54) is 0 Å². The van der Waals surface area contributed by atoms with Gasteiger partial charge in [0, 0.05) is 0 Å². The van der Waals surface area contributed by atoms with Crippen LogP contribution in [0.25, 0.3) is 11.1 Å². The quantitative estimate of drug-likeness (QED) is 0.605. The number of esters is 1. The molecule has 0 aliphatic rings. The van der Waals surface area contributed by atoms with Crippen molar-refractivity contribution in [1.29, 1.82) is 0 Å². The summed E-state index contributed by atoms with van der Waals surface area (Å²) in [5.74, 6) is 0.264. The molecular weight excluding hydrogens is 312 g/mol. The van der Waals surface area contributed by atoms with E-state index in [1.807, 2.05) is 72.8 Å². The van der Waals surface area contributed by atoms with E-state index in [9.17, 15) is 4.79 Å². The molecule has 0 aliphatic heterocycles. The minimum atomic E-state index is -0.661. The zero-order valence-electron chi connectivity index (χ0n) is 14.1. The molecule has 25 heavy (non-hydrogen) atoms. The van der Waals surface area contributed by atoms with Crippen LogP contribution < -0.4 is 4.74 Å². The average molecular weight is 332 g/mol. The summed E-state index contributed by atoms with van der Waals surface area (Å²) in [6.07, 6.45) is -0.661. The van der Waals surface area contributed by atoms with Crippen molar-refractivity contribution in [2.45, 2.75) is 19.6 Å². The van der Waals surface area contributed by atoms with Crippen molar-refractivity contribution in [3.8, 4) is 16.9 Å². The Labute approximate surface area is 147 Å². The molecule has 126 valence electrons. The summed E-state index contributed by atoms with van der Waals surface area (Å²) in [5.41, 5.74) is 3.20. The van der Waals surface area contributed by atoms with Crippen molar-refractivity contribution >= 4 is 5.97 Å². The maximum absolute atomic E-state index is 12.1. The highest BCUT2D eigenvalue weighted by Gasteiger charge is 2.16. The first-order valence-electron chi connectivity index (χ1n) is 8.25. The Morgan fingerprint density at radius 3 is 2.00 bits per heavy atom. The topological polar surface area (TPSA) is 35.5 Å². The zero-order valence-corrected chi connectivity index (χ0v) is 14.1. The van der Waals surface area contributed by atoms with Crippen molar-refractivity contribution in [1.82, 2.24) is 0 Å². The van der Waals surface area contributed by atoms with Gasteiger partial charge in [-0.1, -0.05) is 72.8 Å². The molecule has 0 heterocycles. The molecule has 0 radical (unpaired) electrons. The lowest BCUT2D eigenvalue weighted by Gasteiger charge is -2.14. The predicted molar refractivity (Wildman–Crippen MR) is 98.2 cm³/mol. The molecule has 0 aromatic heterocycles. The average Bonchev–Trinajstić information content (AvgIpc) is 2.68. The van der Waals surface area contributed by atoms with Gasteiger partial charge in [-0.3, -0.25) is 0 Å². The van der Waals surface area contributed by atoms with E-state index >= 15 is 0 Å². The van der Waals surface area contributed by atoms with E-state index in [0.717, 1.165) is 16.7 Å². The summed E-state index contributed by atoms with van der Waals surface area (Å²) < 4.78 is 11.0. The van der Waals surface area contributed by atoms with Crippen LogP contribution in [0.1, 0.15) is 12.5 Å².